The average molecular weight is 299 g/mol. The van der Waals surface area contributed by atoms with Crippen LogP contribution in [0.15, 0.2) is 0 Å². The summed E-state index contributed by atoms with van der Waals surface area (Å²) in [4.78, 5) is 11.9. The van der Waals surface area contributed by atoms with Crippen LogP contribution < -0.4 is 5.32 Å². The maximum Gasteiger partial charge on any atom is 0.326 e. The minimum atomic E-state index is -0.571. The van der Waals surface area contributed by atoms with Crippen LogP contribution in [-0.4, -0.2) is 37.9 Å². The first kappa shape index (κ1) is 18.4. The number of esters is 1. The van der Waals surface area contributed by atoms with Crippen molar-refractivity contribution in [2.75, 3.05) is 20.3 Å². The van der Waals surface area contributed by atoms with Crippen LogP contribution in [0.1, 0.15) is 71.6 Å². The van der Waals surface area contributed by atoms with Gasteiger partial charge in [-0.25, -0.2) is 0 Å². The van der Waals surface area contributed by atoms with E-state index in [-0.39, 0.29) is 5.97 Å². The molecule has 0 bridgehead atoms. The maximum absolute atomic E-state index is 11.9. The Morgan fingerprint density at radius 3 is 2.43 bits per heavy atom. The van der Waals surface area contributed by atoms with E-state index in [9.17, 15) is 4.79 Å². The van der Waals surface area contributed by atoms with Gasteiger partial charge in [0, 0.05) is 6.61 Å². The molecule has 1 unspecified atom stereocenters. The van der Waals surface area contributed by atoms with Crippen molar-refractivity contribution in [3.63, 3.8) is 0 Å². The molecule has 1 atom stereocenters. The van der Waals surface area contributed by atoms with Crippen molar-refractivity contribution in [2.45, 2.75) is 83.3 Å². The smallest absolute Gasteiger partial charge is 0.326 e. The molecule has 1 aliphatic rings. The molecule has 0 amide bonds. The monoisotopic (exact) mass is 299 g/mol. The van der Waals surface area contributed by atoms with Crippen LogP contribution >= 0.6 is 0 Å². The summed E-state index contributed by atoms with van der Waals surface area (Å²) in [6.45, 7) is 5.00. The lowest BCUT2D eigenvalue weighted by molar-refractivity contribution is -0.150. The summed E-state index contributed by atoms with van der Waals surface area (Å²) < 4.78 is 11.1. The fourth-order valence-electron chi connectivity index (χ4n) is 2.86. The molecule has 1 saturated carbocycles. The van der Waals surface area contributed by atoms with E-state index in [0.717, 1.165) is 25.9 Å². The molecule has 21 heavy (non-hydrogen) atoms. The van der Waals surface area contributed by atoms with Crippen molar-refractivity contribution in [1.29, 1.82) is 0 Å². The molecular weight excluding hydrogens is 266 g/mol. The van der Waals surface area contributed by atoms with Crippen molar-refractivity contribution in [3.05, 3.63) is 0 Å². The maximum atomic E-state index is 11.9. The van der Waals surface area contributed by atoms with Gasteiger partial charge in [0.25, 0.3) is 0 Å². The van der Waals surface area contributed by atoms with E-state index < -0.39 is 5.54 Å². The first-order valence-corrected chi connectivity index (χ1v) is 8.60. The Morgan fingerprint density at radius 2 is 1.86 bits per heavy atom. The van der Waals surface area contributed by atoms with Crippen molar-refractivity contribution in [3.8, 4) is 0 Å². The average Bonchev–Trinajstić information content (AvgIpc) is 2.75. The van der Waals surface area contributed by atoms with Crippen LogP contribution in [0.3, 0.4) is 0 Å². The van der Waals surface area contributed by atoms with Crippen molar-refractivity contribution in [2.24, 2.45) is 0 Å². The van der Waals surface area contributed by atoms with Crippen molar-refractivity contribution in [1.82, 2.24) is 5.32 Å². The number of hydrogen-bond donors (Lipinski definition) is 1. The Bertz CT molecular complexity index is 288. The van der Waals surface area contributed by atoms with Gasteiger partial charge in [-0.1, -0.05) is 25.7 Å². The number of nitrogens with one attached hydrogen (secondary N) is 1. The van der Waals surface area contributed by atoms with E-state index in [1.54, 1.807) is 0 Å². The molecule has 4 heteroatoms. The molecular formula is C17H33NO3. The summed E-state index contributed by atoms with van der Waals surface area (Å²) in [7, 11) is 1.82. The predicted molar refractivity (Wildman–Crippen MR) is 85.4 cm³/mol. The number of rotatable bonds is 9. The van der Waals surface area contributed by atoms with Crippen LogP contribution in [0.25, 0.3) is 0 Å². The summed E-state index contributed by atoms with van der Waals surface area (Å²) in [5.74, 6) is -0.155. The van der Waals surface area contributed by atoms with Gasteiger partial charge < -0.3 is 14.8 Å². The highest BCUT2D eigenvalue weighted by Gasteiger charge is 2.32. The molecule has 0 aromatic rings. The fraction of sp³-hybridized carbons (Fsp3) is 0.941. The second-order valence-corrected chi connectivity index (χ2v) is 6.24. The third kappa shape index (κ3) is 6.79. The number of likely N-dealkylation sites (N-methyl/N-ethyl adjacent to an activating group) is 1. The molecule has 0 aromatic carbocycles. The Kier molecular flexibility index (Phi) is 8.93. The quantitative estimate of drug-likeness (QED) is 0.402. The van der Waals surface area contributed by atoms with Crippen molar-refractivity contribution < 1.29 is 14.3 Å². The zero-order valence-electron chi connectivity index (χ0n) is 14.1. The lowest BCUT2D eigenvalue weighted by Gasteiger charge is -2.26. The molecule has 124 valence electrons. The van der Waals surface area contributed by atoms with Crippen LogP contribution in [0, 0.1) is 0 Å². The van der Waals surface area contributed by atoms with Gasteiger partial charge in [-0.05, 0) is 53.0 Å². The second-order valence-electron chi connectivity index (χ2n) is 6.24. The predicted octanol–water partition coefficient (Wildman–Crippen LogP) is 3.44. The van der Waals surface area contributed by atoms with Gasteiger partial charge in [0.1, 0.15) is 5.54 Å². The third-order valence-corrected chi connectivity index (χ3v) is 4.50. The molecule has 4 nitrogen and oxygen atoms in total. The Balaban J connectivity index is 2.17. The van der Waals surface area contributed by atoms with Gasteiger partial charge in [0.2, 0.25) is 0 Å². The Hall–Kier alpha value is -0.610. The Morgan fingerprint density at radius 1 is 1.19 bits per heavy atom. The molecule has 0 radical (unpaired) electrons. The van der Waals surface area contributed by atoms with Crippen LogP contribution in [-0.2, 0) is 14.3 Å². The number of ether oxygens (including phenoxy) is 2. The Labute approximate surface area is 130 Å². The largest absolute Gasteiger partial charge is 0.465 e. The first-order chi connectivity index (χ1) is 10.1. The van der Waals surface area contributed by atoms with Gasteiger partial charge in [0.05, 0.1) is 12.7 Å². The van der Waals surface area contributed by atoms with E-state index in [4.69, 9.17) is 9.47 Å². The normalized spacial score (nSPS) is 19.8. The molecule has 0 heterocycles. The van der Waals surface area contributed by atoms with Gasteiger partial charge in [-0.3, -0.25) is 4.79 Å². The van der Waals surface area contributed by atoms with Crippen LogP contribution in [0.4, 0.5) is 0 Å². The van der Waals surface area contributed by atoms with Crippen LogP contribution in [0.5, 0.6) is 0 Å². The zero-order valence-corrected chi connectivity index (χ0v) is 14.1. The van der Waals surface area contributed by atoms with E-state index >= 15 is 0 Å². The molecule has 0 aliphatic heterocycles. The van der Waals surface area contributed by atoms with Gasteiger partial charge >= 0.3 is 5.97 Å². The van der Waals surface area contributed by atoms with E-state index in [1.807, 2.05) is 20.9 Å². The lowest BCUT2D eigenvalue weighted by Crippen LogP contribution is -2.48. The summed E-state index contributed by atoms with van der Waals surface area (Å²) in [6, 6.07) is 0. The molecule has 1 fully saturated rings. The van der Waals surface area contributed by atoms with E-state index in [0.29, 0.717) is 12.7 Å². The summed E-state index contributed by atoms with van der Waals surface area (Å²) >= 11 is 0. The summed E-state index contributed by atoms with van der Waals surface area (Å²) in [5.41, 5.74) is -0.571. The highest BCUT2D eigenvalue weighted by atomic mass is 16.5. The summed E-state index contributed by atoms with van der Waals surface area (Å²) in [6.07, 6.45) is 11.0. The molecule has 1 aliphatic carbocycles. The van der Waals surface area contributed by atoms with Gasteiger partial charge in [0.15, 0.2) is 0 Å². The number of hydrogen-bond acceptors (Lipinski definition) is 4. The highest BCUT2D eigenvalue weighted by Crippen LogP contribution is 2.21. The van der Waals surface area contributed by atoms with E-state index in [2.05, 4.69) is 5.32 Å². The molecule has 0 saturated heterocycles. The standard InChI is InChI=1S/C17H33NO3/c1-4-20-16(19)17(2,18-3)13-9-10-14-21-15-11-7-5-6-8-12-15/h15,18H,4-14H2,1-3H3. The minimum absolute atomic E-state index is 0.155. The minimum Gasteiger partial charge on any atom is -0.465 e. The van der Waals surface area contributed by atoms with Gasteiger partial charge in [-0.15, -0.1) is 0 Å². The van der Waals surface area contributed by atoms with Crippen LogP contribution in [0.2, 0.25) is 0 Å². The first-order valence-electron chi connectivity index (χ1n) is 8.60. The SMILES string of the molecule is CCOC(=O)C(C)(CCCCOC1CCCCCC1)NC. The zero-order chi connectivity index (χ0) is 15.6. The lowest BCUT2D eigenvalue weighted by atomic mass is 9.95. The number of unbranched alkanes of at least 4 members (excludes halogenated alkanes) is 1. The fourth-order valence-corrected chi connectivity index (χ4v) is 2.86. The highest BCUT2D eigenvalue weighted by molar-refractivity contribution is 5.80. The topological polar surface area (TPSA) is 47.6 Å². The number of carbonyl (C=O) groups is 1. The molecule has 1 rings (SSSR count). The second kappa shape index (κ2) is 10.2. The molecule has 0 spiro atoms. The van der Waals surface area contributed by atoms with Crippen molar-refractivity contribution >= 4 is 5.97 Å². The van der Waals surface area contributed by atoms with E-state index in [1.165, 1.54) is 38.5 Å². The summed E-state index contributed by atoms with van der Waals surface area (Å²) in [5, 5.41) is 3.10. The number of carbonyl (C=O) groups excluding carboxylic acids is 1. The third-order valence-electron chi connectivity index (χ3n) is 4.50. The molecule has 1 N–H and O–H groups in total. The molecule has 0 aromatic heterocycles. The van der Waals surface area contributed by atoms with Gasteiger partial charge in [-0.2, -0.15) is 0 Å².